The molecule has 2 aliphatic rings. The van der Waals surface area contributed by atoms with Crippen LogP contribution < -0.4 is 0 Å². The van der Waals surface area contributed by atoms with E-state index in [0.29, 0.717) is 0 Å². The third-order valence-electron chi connectivity index (χ3n) is 5.42. The number of aromatic amines is 1. The minimum absolute atomic E-state index is 0.178. The zero-order valence-corrected chi connectivity index (χ0v) is 13.6. The third kappa shape index (κ3) is 1.98. The number of rotatable bonds is 1. The van der Waals surface area contributed by atoms with Crippen LogP contribution in [0.4, 0.5) is 0 Å². The molecule has 0 bridgehead atoms. The Morgan fingerprint density at radius 3 is 2.50 bits per heavy atom. The number of H-pyrrole nitrogens is 1. The molecule has 0 spiro atoms. The molecular formula is C18H22BNO2. The van der Waals surface area contributed by atoms with E-state index in [0.717, 1.165) is 6.42 Å². The maximum absolute atomic E-state index is 6.22. The average molecular weight is 295 g/mol. The van der Waals surface area contributed by atoms with Gasteiger partial charge in [0.05, 0.1) is 11.2 Å². The van der Waals surface area contributed by atoms with Gasteiger partial charge in [0.2, 0.25) is 0 Å². The van der Waals surface area contributed by atoms with Crippen LogP contribution in [0.2, 0.25) is 5.82 Å². The zero-order chi connectivity index (χ0) is 15.5. The first-order valence-corrected chi connectivity index (χ1v) is 8.01. The van der Waals surface area contributed by atoms with Crippen LogP contribution in [0.15, 0.2) is 30.3 Å². The number of hydrogen-bond acceptors (Lipinski definition) is 2. The van der Waals surface area contributed by atoms with Gasteiger partial charge in [0, 0.05) is 22.4 Å². The van der Waals surface area contributed by atoms with E-state index in [-0.39, 0.29) is 24.1 Å². The van der Waals surface area contributed by atoms with E-state index in [1.807, 2.05) is 0 Å². The van der Waals surface area contributed by atoms with Crippen LogP contribution in [0, 0.1) is 0 Å². The van der Waals surface area contributed by atoms with Crippen molar-refractivity contribution < 1.29 is 9.31 Å². The summed E-state index contributed by atoms with van der Waals surface area (Å²) in [5, 5.41) is 1.31. The SMILES string of the molecule is CC1(C)OB([C@H]2C=Cc3[nH]c4ccccc4c3C2)OC1(C)C. The maximum atomic E-state index is 6.22. The minimum atomic E-state index is -0.272. The highest BCUT2D eigenvalue weighted by atomic mass is 16.7. The maximum Gasteiger partial charge on any atom is 0.465 e. The molecule has 2 aromatic rings. The Kier molecular flexibility index (Phi) is 2.88. The van der Waals surface area contributed by atoms with Gasteiger partial charge in [-0.3, -0.25) is 0 Å². The lowest BCUT2D eigenvalue weighted by Crippen LogP contribution is -2.41. The lowest BCUT2D eigenvalue weighted by molar-refractivity contribution is 0.00578. The first kappa shape index (κ1) is 14.1. The molecule has 1 aliphatic heterocycles. The summed E-state index contributed by atoms with van der Waals surface area (Å²) >= 11 is 0. The summed E-state index contributed by atoms with van der Waals surface area (Å²) in [4.78, 5) is 3.49. The summed E-state index contributed by atoms with van der Waals surface area (Å²) in [5.74, 6) is 0.257. The lowest BCUT2D eigenvalue weighted by atomic mass is 9.66. The highest BCUT2D eigenvalue weighted by Crippen LogP contribution is 2.43. The van der Waals surface area contributed by atoms with Crippen LogP contribution in [0.25, 0.3) is 17.0 Å². The second-order valence-corrected chi connectivity index (χ2v) is 7.41. The molecule has 1 aliphatic carbocycles. The molecule has 1 atom stereocenters. The van der Waals surface area contributed by atoms with E-state index < -0.39 is 0 Å². The van der Waals surface area contributed by atoms with Gasteiger partial charge in [0.15, 0.2) is 0 Å². The Bertz CT molecular complexity index is 744. The van der Waals surface area contributed by atoms with E-state index in [9.17, 15) is 0 Å². The van der Waals surface area contributed by atoms with Gasteiger partial charge < -0.3 is 14.3 Å². The van der Waals surface area contributed by atoms with Crippen LogP contribution >= 0.6 is 0 Å². The number of nitrogens with one attached hydrogen (secondary N) is 1. The van der Waals surface area contributed by atoms with E-state index in [1.54, 1.807) is 0 Å². The Morgan fingerprint density at radius 2 is 1.77 bits per heavy atom. The number of allylic oxidation sites excluding steroid dienone is 1. The van der Waals surface area contributed by atoms with Crippen molar-refractivity contribution in [2.75, 3.05) is 0 Å². The van der Waals surface area contributed by atoms with Crippen LogP contribution in [0.1, 0.15) is 39.0 Å². The smallest absolute Gasteiger partial charge is 0.403 e. The van der Waals surface area contributed by atoms with Crippen LogP contribution in [0.3, 0.4) is 0 Å². The fraction of sp³-hybridized carbons (Fsp3) is 0.444. The highest BCUT2D eigenvalue weighted by molar-refractivity contribution is 6.48. The standard InChI is InChI=1S/C18H22BNO2/c1-17(2)18(3,4)22-19(21-17)12-9-10-16-14(11-12)13-7-5-6-8-15(13)20-16/h5-10,12,20H,11H2,1-4H3/t12-/m0/s1. The summed E-state index contributed by atoms with van der Waals surface area (Å²) in [6.45, 7) is 8.43. The molecule has 1 saturated heterocycles. The zero-order valence-electron chi connectivity index (χ0n) is 13.6. The van der Waals surface area contributed by atoms with E-state index >= 15 is 0 Å². The number of aromatic nitrogens is 1. The molecule has 0 unspecified atom stereocenters. The molecule has 0 saturated carbocycles. The van der Waals surface area contributed by atoms with Gasteiger partial charge in [-0.1, -0.05) is 24.3 Å². The summed E-state index contributed by atoms with van der Waals surface area (Å²) in [6, 6.07) is 8.48. The monoisotopic (exact) mass is 295 g/mol. The molecule has 0 amide bonds. The van der Waals surface area contributed by atoms with E-state index in [2.05, 4.69) is 69.1 Å². The molecule has 4 rings (SSSR count). The van der Waals surface area contributed by atoms with Crippen molar-refractivity contribution >= 4 is 24.1 Å². The van der Waals surface area contributed by atoms with Crippen molar-refractivity contribution in [1.82, 2.24) is 4.98 Å². The predicted molar refractivity (Wildman–Crippen MR) is 90.9 cm³/mol. The number of hydrogen-bond donors (Lipinski definition) is 1. The molecule has 3 nitrogen and oxygen atoms in total. The first-order valence-electron chi connectivity index (χ1n) is 8.01. The van der Waals surface area contributed by atoms with E-state index in [1.165, 1.54) is 22.2 Å². The quantitative estimate of drug-likeness (QED) is 0.800. The molecule has 4 heteroatoms. The van der Waals surface area contributed by atoms with Crippen LogP contribution in [-0.4, -0.2) is 23.3 Å². The molecule has 114 valence electrons. The largest absolute Gasteiger partial charge is 0.465 e. The third-order valence-corrected chi connectivity index (χ3v) is 5.42. The highest BCUT2D eigenvalue weighted by Gasteiger charge is 2.53. The fourth-order valence-electron chi connectivity index (χ4n) is 3.36. The van der Waals surface area contributed by atoms with Crippen LogP contribution in [0.5, 0.6) is 0 Å². The Balaban J connectivity index is 1.65. The molecular weight excluding hydrogens is 273 g/mol. The first-order chi connectivity index (χ1) is 10.4. The van der Waals surface area contributed by atoms with Crippen molar-refractivity contribution in [3.8, 4) is 0 Å². The molecule has 1 aromatic heterocycles. The van der Waals surface area contributed by atoms with Crippen molar-refractivity contribution in [2.45, 2.75) is 51.1 Å². The van der Waals surface area contributed by atoms with Crippen molar-refractivity contribution in [3.63, 3.8) is 0 Å². The molecule has 1 N–H and O–H groups in total. The van der Waals surface area contributed by atoms with Gasteiger partial charge in [0.25, 0.3) is 0 Å². The van der Waals surface area contributed by atoms with Gasteiger partial charge in [-0.05, 0) is 51.8 Å². The van der Waals surface area contributed by atoms with Crippen molar-refractivity contribution in [1.29, 1.82) is 0 Å². The number of para-hydroxylation sites is 1. The summed E-state index contributed by atoms with van der Waals surface area (Å²) in [5.41, 5.74) is 3.25. The number of benzene rings is 1. The van der Waals surface area contributed by atoms with E-state index in [4.69, 9.17) is 9.31 Å². The van der Waals surface area contributed by atoms with Gasteiger partial charge in [-0.25, -0.2) is 0 Å². The Labute approximate surface area is 131 Å². The molecule has 1 fully saturated rings. The molecule has 0 radical (unpaired) electrons. The lowest BCUT2D eigenvalue weighted by Gasteiger charge is -2.32. The minimum Gasteiger partial charge on any atom is -0.403 e. The normalized spacial score (nSPS) is 25.6. The second-order valence-electron chi connectivity index (χ2n) is 7.41. The summed E-state index contributed by atoms with van der Waals surface area (Å²) in [6.07, 6.45) is 5.35. The van der Waals surface area contributed by atoms with Gasteiger partial charge in [0.1, 0.15) is 0 Å². The van der Waals surface area contributed by atoms with Gasteiger partial charge in [-0.2, -0.15) is 0 Å². The Morgan fingerprint density at radius 1 is 1.09 bits per heavy atom. The fourth-order valence-corrected chi connectivity index (χ4v) is 3.36. The molecule has 2 heterocycles. The number of fused-ring (bicyclic) bond motifs is 3. The topological polar surface area (TPSA) is 34.2 Å². The Hall–Kier alpha value is -1.52. The van der Waals surface area contributed by atoms with Crippen molar-refractivity contribution in [3.05, 3.63) is 41.6 Å². The van der Waals surface area contributed by atoms with Gasteiger partial charge in [-0.15, -0.1) is 0 Å². The van der Waals surface area contributed by atoms with Crippen molar-refractivity contribution in [2.24, 2.45) is 0 Å². The van der Waals surface area contributed by atoms with Gasteiger partial charge >= 0.3 is 7.12 Å². The summed E-state index contributed by atoms with van der Waals surface area (Å²) < 4.78 is 12.4. The summed E-state index contributed by atoms with van der Waals surface area (Å²) in [7, 11) is -0.178. The molecule has 22 heavy (non-hydrogen) atoms. The van der Waals surface area contributed by atoms with Crippen LogP contribution in [-0.2, 0) is 15.7 Å². The predicted octanol–water partition coefficient (Wildman–Crippen LogP) is 4.20. The second kappa shape index (κ2) is 4.50. The average Bonchev–Trinajstić information content (AvgIpc) is 2.93. The molecule has 1 aromatic carbocycles.